The second-order valence-electron chi connectivity index (χ2n) is 12.5. The first-order valence-electron chi connectivity index (χ1n) is 16.0. The van der Waals surface area contributed by atoms with E-state index >= 15 is 0 Å². The first-order valence-corrected chi connectivity index (χ1v) is 16.0. The molecule has 4 aromatic rings. The number of carbonyl (C=O) groups excluding carboxylic acids is 2. The average molecular weight is 619 g/mol. The Labute approximate surface area is 271 Å². The Kier molecular flexibility index (Phi) is 10.5. The number of aryl methyl sites for hydroxylation is 2. The molecule has 0 saturated carbocycles. The van der Waals surface area contributed by atoms with Crippen LogP contribution in [0.1, 0.15) is 54.5 Å². The fourth-order valence-corrected chi connectivity index (χ4v) is 6.07. The summed E-state index contributed by atoms with van der Waals surface area (Å²) < 4.78 is 5.44. The molecule has 7 heteroatoms. The molecule has 0 aromatic heterocycles. The van der Waals surface area contributed by atoms with Crippen molar-refractivity contribution in [2.75, 3.05) is 13.1 Å². The zero-order chi connectivity index (χ0) is 32.5. The van der Waals surface area contributed by atoms with E-state index in [1.165, 1.54) is 10.5 Å². The number of fused-ring (bicyclic) bond motifs is 1. The standard InChI is InChI=1S/C39H42N2O5/c1-28(2)26-41(23-22-36(42)46-27-30-10-5-3-6-11-30)38(45)40-39(37(43)44,35-21-20-32-14-9-15-34(32)24-35)25-29-16-18-33(19-17-29)31-12-7-4-8-13-31/h3-8,10-13,16-21,24,28H,9,14-15,22-23,25-27H2,1-2H3,(H,40,45)(H,43,44)/t39-/m0/s1. The van der Waals surface area contributed by atoms with E-state index in [2.05, 4.69) is 5.32 Å². The Morgan fingerprint density at radius 3 is 2.15 bits per heavy atom. The van der Waals surface area contributed by atoms with Crippen LogP contribution >= 0.6 is 0 Å². The van der Waals surface area contributed by atoms with E-state index in [4.69, 9.17) is 4.74 Å². The second kappa shape index (κ2) is 14.9. The van der Waals surface area contributed by atoms with Crippen LogP contribution in [0.2, 0.25) is 0 Å². The van der Waals surface area contributed by atoms with Crippen molar-refractivity contribution >= 4 is 18.0 Å². The fourth-order valence-electron chi connectivity index (χ4n) is 6.07. The van der Waals surface area contributed by atoms with E-state index in [1.807, 2.05) is 117 Å². The number of ether oxygens (including phenoxy) is 1. The molecule has 7 nitrogen and oxygen atoms in total. The van der Waals surface area contributed by atoms with Crippen LogP contribution < -0.4 is 5.32 Å². The van der Waals surface area contributed by atoms with Gasteiger partial charge in [0.1, 0.15) is 6.61 Å². The number of hydrogen-bond donors (Lipinski definition) is 2. The number of carboxylic acids is 1. The lowest BCUT2D eigenvalue weighted by molar-refractivity contribution is -0.146. The number of carboxylic acid groups (broad SMARTS) is 1. The topological polar surface area (TPSA) is 95.9 Å². The number of rotatable bonds is 13. The fraction of sp³-hybridized carbons (Fsp3) is 0.308. The number of hydrogen-bond acceptors (Lipinski definition) is 4. The van der Waals surface area contributed by atoms with E-state index in [1.54, 1.807) is 0 Å². The molecule has 1 atom stereocenters. The number of carbonyl (C=O) groups is 3. The van der Waals surface area contributed by atoms with Gasteiger partial charge >= 0.3 is 18.0 Å². The Balaban J connectivity index is 1.40. The minimum atomic E-state index is -1.73. The molecule has 2 N–H and O–H groups in total. The Morgan fingerprint density at radius 2 is 1.48 bits per heavy atom. The monoisotopic (exact) mass is 618 g/mol. The molecule has 0 heterocycles. The molecule has 5 rings (SSSR count). The molecular formula is C39H42N2O5. The lowest BCUT2D eigenvalue weighted by Crippen LogP contribution is -2.57. The molecule has 0 spiro atoms. The van der Waals surface area contributed by atoms with Gasteiger partial charge < -0.3 is 20.1 Å². The normalized spacial score (nSPS) is 13.5. The molecule has 0 fully saturated rings. The quantitative estimate of drug-likeness (QED) is 0.155. The SMILES string of the molecule is CC(C)CN(CCC(=O)OCc1ccccc1)C(=O)N[C@](Cc1ccc(-c2ccccc2)cc1)(C(=O)O)c1ccc2c(c1)CCC2. The number of aliphatic carboxylic acids is 1. The third-order valence-corrected chi connectivity index (χ3v) is 8.51. The summed E-state index contributed by atoms with van der Waals surface area (Å²) in [7, 11) is 0. The summed E-state index contributed by atoms with van der Waals surface area (Å²) in [6, 6.07) is 32.5. The maximum atomic E-state index is 14.0. The van der Waals surface area contributed by atoms with E-state index in [9.17, 15) is 19.5 Å². The molecule has 0 radical (unpaired) electrons. The molecule has 46 heavy (non-hydrogen) atoms. The van der Waals surface area contributed by atoms with Crippen LogP contribution in [-0.2, 0) is 45.7 Å². The molecule has 0 aliphatic heterocycles. The van der Waals surface area contributed by atoms with Crippen molar-refractivity contribution in [1.29, 1.82) is 0 Å². The number of benzene rings is 4. The van der Waals surface area contributed by atoms with Gasteiger partial charge in [0.25, 0.3) is 0 Å². The summed E-state index contributed by atoms with van der Waals surface area (Å²) in [6.07, 6.45) is 2.91. The molecule has 1 aliphatic carbocycles. The van der Waals surface area contributed by atoms with Gasteiger partial charge in [-0.25, -0.2) is 9.59 Å². The van der Waals surface area contributed by atoms with Crippen LogP contribution in [0.3, 0.4) is 0 Å². The zero-order valence-corrected chi connectivity index (χ0v) is 26.6. The van der Waals surface area contributed by atoms with E-state index < -0.39 is 23.5 Å². The maximum Gasteiger partial charge on any atom is 0.334 e. The maximum absolute atomic E-state index is 14.0. The number of amides is 2. The van der Waals surface area contributed by atoms with Crippen molar-refractivity contribution < 1.29 is 24.2 Å². The lowest BCUT2D eigenvalue weighted by atomic mass is 9.82. The highest BCUT2D eigenvalue weighted by atomic mass is 16.5. The van der Waals surface area contributed by atoms with Crippen LogP contribution in [0.25, 0.3) is 11.1 Å². The molecule has 0 unspecified atom stereocenters. The number of esters is 1. The Morgan fingerprint density at radius 1 is 0.826 bits per heavy atom. The number of nitrogens with zero attached hydrogens (tertiary/aromatic N) is 1. The third-order valence-electron chi connectivity index (χ3n) is 8.51. The van der Waals surface area contributed by atoms with Gasteiger partial charge in [-0.15, -0.1) is 0 Å². The molecule has 2 amide bonds. The number of nitrogens with one attached hydrogen (secondary N) is 1. The van der Waals surface area contributed by atoms with Gasteiger partial charge in [-0.3, -0.25) is 4.79 Å². The predicted molar refractivity (Wildman–Crippen MR) is 179 cm³/mol. The van der Waals surface area contributed by atoms with Crippen molar-refractivity contribution in [3.63, 3.8) is 0 Å². The van der Waals surface area contributed by atoms with Crippen LogP contribution in [-0.4, -0.2) is 41.1 Å². The highest BCUT2D eigenvalue weighted by Crippen LogP contribution is 2.33. The van der Waals surface area contributed by atoms with Gasteiger partial charge in [0.2, 0.25) is 0 Å². The van der Waals surface area contributed by atoms with E-state index in [-0.39, 0.29) is 31.9 Å². The second-order valence-corrected chi connectivity index (χ2v) is 12.5. The van der Waals surface area contributed by atoms with Gasteiger partial charge in [0.05, 0.1) is 6.42 Å². The highest BCUT2D eigenvalue weighted by molar-refractivity contribution is 5.88. The minimum absolute atomic E-state index is 0.00710. The molecule has 238 valence electrons. The van der Waals surface area contributed by atoms with Crippen molar-refractivity contribution in [3.8, 4) is 11.1 Å². The van der Waals surface area contributed by atoms with Crippen LogP contribution in [0.5, 0.6) is 0 Å². The van der Waals surface area contributed by atoms with Gasteiger partial charge in [-0.1, -0.05) is 117 Å². The first kappa shape index (κ1) is 32.5. The molecular weight excluding hydrogens is 576 g/mol. The summed E-state index contributed by atoms with van der Waals surface area (Å²) in [6.45, 7) is 4.56. The predicted octanol–water partition coefficient (Wildman–Crippen LogP) is 7.17. The van der Waals surface area contributed by atoms with Crippen molar-refractivity contribution in [3.05, 3.63) is 131 Å². The van der Waals surface area contributed by atoms with Gasteiger partial charge in [0.15, 0.2) is 5.54 Å². The lowest BCUT2D eigenvalue weighted by Gasteiger charge is -2.35. The summed E-state index contributed by atoms with van der Waals surface area (Å²) in [4.78, 5) is 41.6. The minimum Gasteiger partial charge on any atom is -0.479 e. The molecule has 1 aliphatic rings. The molecule has 4 aromatic carbocycles. The smallest absolute Gasteiger partial charge is 0.334 e. The van der Waals surface area contributed by atoms with Crippen LogP contribution in [0.4, 0.5) is 4.79 Å². The molecule has 0 bridgehead atoms. The van der Waals surface area contributed by atoms with Crippen LogP contribution in [0.15, 0.2) is 103 Å². The summed E-state index contributed by atoms with van der Waals surface area (Å²) >= 11 is 0. The zero-order valence-electron chi connectivity index (χ0n) is 26.6. The summed E-state index contributed by atoms with van der Waals surface area (Å²) in [5, 5.41) is 13.9. The number of urea groups is 1. The van der Waals surface area contributed by atoms with Gasteiger partial charge in [0, 0.05) is 19.5 Å². The summed E-state index contributed by atoms with van der Waals surface area (Å²) in [5.41, 5.74) is 4.90. The van der Waals surface area contributed by atoms with Gasteiger partial charge in [-0.2, -0.15) is 0 Å². The van der Waals surface area contributed by atoms with E-state index in [0.717, 1.165) is 47.1 Å². The van der Waals surface area contributed by atoms with E-state index in [0.29, 0.717) is 12.1 Å². The van der Waals surface area contributed by atoms with Crippen molar-refractivity contribution in [2.24, 2.45) is 5.92 Å². The Bertz CT molecular complexity index is 1640. The summed E-state index contributed by atoms with van der Waals surface area (Å²) in [5.74, 6) is -1.47. The highest BCUT2D eigenvalue weighted by Gasteiger charge is 2.43. The average Bonchev–Trinajstić information content (AvgIpc) is 3.54. The first-order chi connectivity index (χ1) is 22.2. The van der Waals surface area contributed by atoms with Crippen molar-refractivity contribution in [1.82, 2.24) is 10.2 Å². The van der Waals surface area contributed by atoms with Crippen LogP contribution in [0, 0.1) is 5.92 Å². The molecule has 0 saturated heterocycles. The van der Waals surface area contributed by atoms with Crippen molar-refractivity contribution in [2.45, 2.75) is 58.1 Å². The third kappa shape index (κ3) is 8.02. The Hall–Kier alpha value is -4.91. The largest absolute Gasteiger partial charge is 0.479 e. The van der Waals surface area contributed by atoms with Gasteiger partial charge in [-0.05, 0) is 64.1 Å².